The van der Waals surface area contributed by atoms with E-state index in [9.17, 15) is 4.79 Å². The molecule has 24 heavy (non-hydrogen) atoms. The lowest BCUT2D eigenvalue weighted by Gasteiger charge is -2.07. The number of anilines is 1. The summed E-state index contributed by atoms with van der Waals surface area (Å²) in [5.41, 5.74) is 0.714. The minimum Gasteiger partial charge on any atom is -0.465 e. The molecule has 0 radical (unpaired) electrons. The Morgan fingerprint density at radius 2 is 2.00 bits per heavy atom. The zero-order chi connectivity index (χ0) is 17.3. The highest BCUT2D eigenvalue weighted by atomic mass is 16.5. The highest BCUT2D eigenvalue weighted by molar-refractivity contribution is 6.07. The van der Waals surface area contributed by atoms with Crippen LogP contribution < -0.4 is 5.32 Å². The van der Waals surface area contributed by atoms with Gasteiger partial charge in [0.05, 0.1) is 18.5 Å². The number of rotatable bonds is 5. The lowest BCUT2D eigenvalue weighted by Crippen LogP contribution is -2.08. The Kier molecular flexibility index (Phi) is 4.24. The van der Waals surface area contributed by atoms with Crippen LogP contribution in [0, 0.1) is 20.8 Å². The number of hydrogen-bond acceptors (Lipinski definition) is 7. The summed E-state index contributed by atoms with van der Waals surface area (Å²) in [7, 11) is 0. The maximum Gasteiger partial charge on any atom is 0.342 e. The maximum absolute atomic E-state index is 12.3. The van der Waals surface area contributed by atoms with Crippen LogP contribution in [0.1, 0.15) is 40.4 Å². The number of ether oxygens (including phenoxy) is 1. The molecule has 0 saturated heterocycles. The van der Waals surface area contributed by atoms with E-state index >= 15 is 0 Å². The fourth-order valence-electron chi connectivity index (χ4n) is 2.55. The highest BCUT2D eigenvalue weighted by Crippen LogP contribution is 2.30. The third-order valence-corrected chi connectivity index (χ3v) is 3.55. The molecule has 3 rings (SSSR count). The van der Waals surface area contributed by atoms with Crippen molar-refractivity contribution in [2.24, 2.45) is 0 Å². The molecule has 0 saturated carbocycles. The van der Waals surface area contributed by atoms with Crippen molar-refractivity contribution >= 4 is 22.9 Å². The van der Waals surface area contributed by atoms with E-state index in [1.165, 1.54) is 0 Å². The minimum atomic E-state index is -0.446. The summed E-state index contributed by atoms with van der Waals surface area (Å²) in [6.45, 7) is 7.84. The first kappa shape index (κ1) is 16.0. The third-order valence-electron chi connectivity index (χ3n) is 3.55. The van der Waals surface area contributed by atoms with E-state index in [0.29, 0.717) is 40.6 Å². The second kappa shape index (κ2) is 6.35. The van der Waals surface area contributed by atoms with E-state index in [1.54, 1.807) is 20.8 Å². The van der Waals surface area contributed by atoms with Gasteiger partial charge in [-0.3, -0.25) is 0 Å². The van der Waals surface area contributed by atoms with Gasteiger partial charge in [-0.1, -0.05) is 0 Å². The van der Waals surface area contributed by atoms with Crippen molar-refractivity contribution in [3.05, 3.63) is 40.8 Å². The van der Waals surface area contributed by atoms with Gasteiger partial charge < -0.3 is 18.9 Å². The molecule has 7 heteroatoms. The Balaban J connectivity index is 2.03. The number of aromatic nitrogens is 2. The van der Waals surface area contributed by atoms with Gasteiger partial charge in [-0.25, -0.2) is 9.78 Å². The van der Waals surface area contributed by atoms with Crippen LogP contribution in [0.2, 0.25) is 0 Å². The van der Waals surface area contributed by atoms with Crippen molar-refractivity contribution in [3.63, 3.8) is 0 Å². The summed E-state index contributed by atoms with van der Waals surface area (Å²) in [5, 5.41) is 3.72. The first-order valence-corrected chi connectivity index (χ1v) is 7.73. The molecule has 0 fully saturated rings. The predicted octanol–water partition coefficient (Wildman–Crippen LogP) is 3.53. The van der Waals surface area contributed by atoms with E-state index in [4.69, 9.17) is 13.6 Å². The molecule has 0 amide bonds. The second-order valence-corrected chi connectivity index (χ2v) is 5.42. The molecule has 3 aromatic rings. The number of esters is 1. The van der Waals surface area contributed by atoms with Gasteiger partial charge in [-0.2, -0.15) is 4.98 Å². The molecular weight excluding hydrogens is 310 g/mol. The number of fused-ring (bicyclic) bond motifs is 1. The van der Waals surface area contributed by atoms with Crippen molar-refractivity contribution in [1.29, 1.82) is 0 Å². The summed E-state index contributed by atoms with van der Waals surface area (Å²) in [6.07, 6.45) is 0. The SMILES string of the molecule is CCOC(=O)c1c(C)oc2nc(C)nc(NCc3ccc(C)o3)c12. The quantitative estimate of drug-likeness (QED) is 0.716. The van der Waals surface area contributed by atoms with Gasteiger partial charge in [-0.15, -0.1) is 0 Å². The summed E-state index contributed by atoms with van der Waals surface area (Å²) < 4.78 is 16.3. The van der Waals surface area contributed by atoms with E-state index < -0.39 is 5.97 Å². The number of furan rings is 2. The number of carbonyl (C=O) groups is 1. The molecule has 0 bridgehead atoms. The van der Waals surface area contributed by atoms with Crippen LogP contribution >= 0.6 is 0 Å². The van der Waals surface area contributed by atoms with Gasteiger partial charge in [0.2, 0.25) is 5.71 Å². The Bertz CT molecular complexity index is 895. The van der Waals surface area contributed by atoms with Gasteiger partial charge in [-0.05, 0) is 39.8 Å². The number of carbonyl (C=O) groups excluding carboxylic acids is 1. The molecule has 7 nitrogen and oxygen atoms in total. The minimum absolute atomic E-state index is 0.284. The Labute approximate surface area is 139 Å². The lowest BCUT2D eigenvalue weighted by atomic mass is 10.2. The van der Waals surface area contributed by atoms with Crippen molar-refractivity contribution in [3.8, 4) is 0 Å². The van der Waals surface area contributed by atoms with E-state index in [2.05, 4.69) is 15.3 Å². The van der Waals surface area contributed by atoms with Gasteiger partial charge >= 0.3 is 5.97 Å². The van der Waals surface area contributed by atoms with Gasteiger partial charge in [0, 0.05) is 0 Å². The standard InChI is InChI=1S/C17H19N3O4/c1-5-22-17(21)13-10(3)24-16-14(13)15(19-11(4)20-16)18-8-12-7-6-9(2)23-12/h6-7H,5,8H2,1-4H3,(H,18,19,20). The Morgan fingerprint density at radius 3 is 2.67 bits per heavy atom. The summed E-state index contributed by atoms with van der Waals surface area (Å²) in [6, 6.07) is 3.78. The van der Waals surface area contributed by atoms with Crippen LogP contribution in [0.5, 0.6) is 0 Å². The van der Waals surface area contributed by atoms with E-state index in [0.717, 1.165) is 11.5 Å². The van der Waals surface area contributed by atoms with Crippen molar-refractivity contribution in [2.75, 3.05) is 11.9 Å². The van der Waals surface area contributed by atoms with Gasteiger partial charge in [0.15, 0.2) is 0 Å². The average Bonchev–Trinajstić information content (AvgIpc) is 3.07. The fraction of sp³-hybridized carbons (Fsp3) is 0.353. The average molecular weight is 329 g/mol. The van der Waals surface area contributed by atoms with Crippen molar-refractivity contribution in [1.82, 2.24) is 9.97 Å². The predicted molar refractivity (Wildman–Crippen MR) is 88.0 cm³/mol. The molecule has 0 aromatic carbocycles. The molecule has 0 atom stereocenters. The molecule has 0 aliphatic rings. The van der Waals surface area contributed by atoms with Crippen LogP contribution in [-0.4, -0.2) is 22.5 Å². The van der Waals surface area contributed by atoms with E-state index in [1.807, 2.05) is 19.1 Å². The van der Waals surface area contributed by atoms with Gasteiger partial charge in [0.1, 0.15) is 34.5 Å². The fourth-order valence-corrected chi connectivity index (χ4v) is 2.55. The van der Waals surface area contributed by atoms with Crippen LogP contribution in [0.3, 0.4) is 0 Å². The van der Waals surface area contributed by atoms with Crippen LogP contribution in [0.25, 0.3) is 11.1 Å². The van der Waals surface area contributed by atoms with Gasteiger partial charge in [0.25, 0.3) is 0 Å². The molecule has 0 aliphatic carbocycles. The molecule has 126 valence electrons. The maximum atomic E-state index is 12.3. The zero-order valence-electron chi connectivity index (χ0n) is 14.1. The second-order valence-electron chi connectivity index (χ2n) is 5.42. The van der Waals surface area contributed by atoms with Crippen LogP contribution in [0.15, 0.2) is 21.0 Å². The smallest absolute Gasteiger partial charge is 0.342 e. The molecule has 3 aromatic heterocycles. The molecular formula is C17H19N3O4. The molecule has 0 spiro atoms. The Hall–Kier alpha value is -2.83. The molecule has 3 heterocycles. The number of aryl methyl sites for hydroxylation is 3. The first-order valence-electron chi connectivity index (χ1n) is 7.73. The lowest BCUT2D eigenvalue weighted by molar-refractivity contribution is 0.0526. The summed E-state index contributed by atoms with van der Waals surface area (Å²) >= 11 is 0. The molecule has 0 unspecified atom stereocenters. The summed E-state index contributed by atoms with van der Waals surface area (Å²) in [5.74, 6) is 2.69. The first-order chi connectivity index (χ1) is 11.5. The van der Waals surface area contributed by atoms with Crippen molar-refractivity contribution < 1.29 is 18.4 Å². The zero-order valence-corrected chi connectivity index (χ0v) is 14.1. The third kappa shape index (κ3) is 2.97. The monoisotopic (exact) mass is 329 g/mol. The highest BCUT2D eigenvalue weighted by Gasteiger charge is 2.24. The topological polar surface area (TPSA) is 90.4 Å². The number of nitrogens with zero attached hydrogens (tertiary/aromatic N) is 2. The number of nitrogens with one attached hydrogen (secondary N) is 1. The molecule has 1 N–H and O–H groups in total. The summed E-state index contributed by atoms with van der Waals surface area (Å²) in [4.78, 5) is 20.9. The normalized spacial score (nSPS) is 11.0. The van der Waals surface area contributed by atoms with E-state index in [-0.39, 0.29) is 6.61 Å². The largest absolute Gasteiger partial charge is 0.465 e. The number of hydrogen-bond donors (Lipinski definition) is 1. The van der Waals surface area contributed by atoms with Crippen LogP contribution in [0.4, 0.5) is 5.82 Å². The van der Waals surface area contributed by atoms with Crippen LogP contribution in [-0.2, 0) is 11.3 Å². The molecule has 0 aliphatic heterocycles. The Morgan fingerprint density at radius 1 is 1.21 bits per heavy atom. The van der Waals surface area contributed by atoms with Crippen molar-refractivity contribution in [2.45, 2.75) is 34.2 Å².